The Kier molecular flexibility index (Phi) is 7.36. The number of methoxy groups -OCH3 is 3. The van der Waals surface area contributed by atoms with E-state index in [1.807, 2.05) is 43.3 Å². The molecule has 1 amide bonds. The lowest BCUT2D eigenvalue weighted by atomic mass is 9.71. The number of amides is 1. The maximum atomic E-state index is 13.9. The van der Waals surface area contributed by atoms with Crippen molar-refractivity contribution in [3.05, 3.63) is 101 Å². The maximum absolute atomic E-state index is 13.9. The van der Waals surface area contributed by atoms with Gasteiger partial charge < -0.3 is 24.8 Å². The number of Topliss-reactive ketones (excluding diaryl/α,β-unsaturated/α-hetero) is 1. The minimum Gasteiger partial charge on any atom is -0.497 e. The molecule has 1 aromatic heterocycles. The van der Waals surface area contributed by atoms with E-state index >= 15 is 0 Å². The van der Waals surface area contributed by atoms with Crippen LogP contribution in [0, 0.1) is 0 Å². The summed E-state index contributed by atoms with van der Waals surface area (Å²) in [6.45, 7) is 1.86. The van der Waals surface area contributed by atoms with Crippen molar-refractivity contribution in [2.45, 2.75) is 31.6 Å². The molecule has 2 aromatic carbocycles. The first-order chi connectivity index (χ1) is 18.9. The van der Waals surface area contributed by atoms with E-state index in [2.05, 4.69) is 15.6 Å². The van der Waals surface area contributed by atoms with Crippen LogP contribution >= 0.6 is 0 Å². The first-order valence-electron chi connectivity index (χ1n) is 12.7. The van der Waals surface area contributed by atoms with Crippen molar-refractivity contribution in [3.63, 3.8) is 0 Å². The minimum absolute atomic E-state index is 0.00100. The van der Waals surface area contributed by atoms with Gasteiger partial charge in [-0.25, -0.2) is 0 Å². The van der Waals surface area contributed by atoms with Crippen LogP contribution in [-0.2, 0) is 9.59 Å². The van der Waals surface area contributed by atoms with Crippen LogP contribution < -0.4 is 24.8 Å². The zero-order valence-corrected chi connectivity index (χ0v) is 22.4. The molecule has 0 spiro atoms. The van der Waals surface area contributed by atoms with E-state index in [4.69, 9.17) is 14.2 Å². The molecule has 0 saturated carbocycles. The Labute approximate surface area is 227 Å². The SMILES string of the molecule is COc1ccc(C2CC(=O)C3=C(C2)NC(C)=C(C(=O)Nc2cccnc2)C3c2cccc(OC)c2OC)cc1. The van der Waals surface area contributed by atoms with Gasteiger partial charge in [0.1, 0.15) is 5.75 Å². The molecule has 2 aliphatic rings. The number of rotatable bonds is 7. The number of nitrogens with zero attached hydrogens (tertiary/aromatic N) is 1. The average Bonchev–Trinajstić information content (AvgIpc) is 2.96. The molecular weight excluding hydrogens is 494 g/mol. The number of carbonyl (C=O) groups excluding carboxylic acids is 2. The van der Waals surface area contributed by atoms with Gasteiger partial charge in [0.15, 0.2) is 17.3 Å². The number of anilines is 1. The normalized spacial score (nSPS) is 18.7. The van der Waals surface area contributed by atoms with Crippen molar-refractivity contribution >= 4 is 17.4 Å². The zero-order valence-electron chi connectivity index (χ0n) is 22.4. The Balaban J connectivity index is 1.61. The summed E-state index contributed by atoms with van der Waals surface area (Å²) in [6, 6.07) is 16.9. The van der Waals surface area contributed by atoms with E-state index < -0.39 is 5.92 Å². The number of carbonyl (C=O) groups is 2. The van der Waals surface area contributed by atoms with Gasteiger partial charge in [0.2, 0.25) is 0 Å². The Morgan fingerprint density at radius 2 is 1.77 bits per heavy atom. The van der Waals surface area contributed by atoms with Crippen LogP contribution in [0.3, 0.4) is 0 Å². The lowest BCUT2D eigenvalue weighted by molar-refractivity contribution is -0.116. The molecular formula is C31H31N3O5. The molecule has 1 aliphatic heterocycles. The molecule has 2 unspecified atom stereocenters. The van der Waals surface area contributed by atoms with Gasteiger partial charge in [0.25, 0.3) is 5.91 Å². The predicted molar refractivity (Wildman–Crippen MR) is 148 cm³/mol. The smallest absolute Gasteiger partial charge is 0.254 e. The molecule has 8 heteroatoms. The van der Waals surface area contributed by atoms with Crippen molar-refractivity contribution in [1.82, 2.24) is 10.3 Å². The number of hydrogen-bond donors (Lipinski definition) is 2. The maximum Gasteiger partial charge on any atom is 0.254 e. The van der Waals surface area contributed by atoms with Crippen LogP contribution in [-0.4, -0.2) is 38.0 Å². The number of dihydropyridines is 1. The highest BCUT2D eigenvalue weighted by atomic mass is 16.5. The van der Waals surface area contributed by atoms with Crippen LogP contribution in [0.4, 0.5) is 5.69 Å². The number of hydrogen-bond acceptors (Lipinski definition) is 7. The number of allylic oxidation sites excluding steroid dienone is 3. The van der Waals surface area contributed by atoms with E-state index in [1.165, 1.54) is 0 Å². The molecule has 3 aromatic rings. The number of pyridine rings is 1. The fourth-order valence-corrected chi connectivity index (χ4v) is 5.54. The molecule has 0 bridgehead atoms. The summed E-state index contributed by atoms with van der Waals surface area (Å²) in [5, 5.41) is 6.37. The molecule has 200 valence electrons. The third-order valence-electron chi connectivity index (χ3n) is 7.32. The highest BCUT2D eigenvalue weighted by Gasteiger charge is 2.42. The van der Waals surface area contributed by atoms with Crippen LogP contribution in [0.1, 0.15) is 42.7 Å². The van der Waals surface area contributed by atoms with Crippen LogP contribution in [0.5, 0.6) is 17.2 Å². The Bertz CT molecular complexity index is 1460. The largest absolute Gasteiger partial charge is 0.497 e. The lowest BCUT2D eigenvalue weighted by Gasteiger charge is -2.37. The second-order valence-electron chi connectivity index (χ2n) is 9.57. The number of benzene rings is 2. The quantitative estimate of drug-likeness (QED) is 0.442. The summed E-state index contributed by atoms with van der Waals surface area (Å²) in [5.74, 6) is 0.805. The Morgan fingerprint density at radius 3 is 2.44 bits per heavy atom. The molecule has 0 saturated heterocycles. The minimum atomic E-state index is -0.646. The Hall–Kier alpha value is -4.59. The summed E-state index contributed by atoms with van der Waals surface area (Å²) >= 11 is 0. The number of aromatic nitrogens is 1. The fourth-order valence-electron chi connectivity index (χ4n) is 5.54. The summed E-state index contributed by atoms with van der Waals surface area (Å²) < 4.78 is 16.6. The number of para-hydroxylation sites is 1. The van der Waals surface area contributed by atoms with Gasteiger partial charge in [0, 0.05) is 40.7 Å². The monoisotopic (exact) mass is 525 g/mol. The van der Waals surface area contributed by atoms with Gasteiger partial charge in [0.05, 0.1) is 39.1 Å². The summed E-state index contributed by atoms with van der Waals surface area (Å²) in [7, 11) is 4.76. The Morgan fingerprint density at radius 1 is 0.974 bits per heavy atom. The summed E-state index contributed by atoms with van der Waals surface area (Å²) in [4.78, 5) is 31.8. The van der Waals surface area contributed by atoms with Gasteiger partial charge in [-0.1, -0.05) is 24.3 Å². The topological polar surface area (TPSA) is 98.8 Å². The fraction of sp³-hybridized carbons (Fsp3) is 0.258. The number of ketones is 1. The molecule has 8 nitrogen and oxygen atoms in total. The lowest BCUT2D eigenvalue weighted by Crippen LogP contribution is -2.37. The van der Waals surface area contributed by atoms with Gasteiger partial charge in [-0.3, -0.25) is 14.6 Å². The first-order valence-corrected chi connectivity index (χ1v) is 12.7. The molecule has 0 radical (unpaired) electrons. The second-order valence-corrected chi connectivity index (χ2v) is 9.57. The molecule has 2 heterocycles. The number of ether oxygens (including phenoxy) is 3. The summed E-state index contributed by atoms with van der Waals surface area (Å²) in [6.07, 6.45) is 4.18. The zero-order chi connectivity index (χ0) is 27.5. The molecule has 1 aliphatic carbocycles. The standard InChI is InChI=1S/C31H31N3O5/c1-18-27(31(36)34-21-7-6-14-32-17-21)28(23-8-5-9-26(38-3)30(23)39-4)29-24(33-18)15-20(16-25(29)35)19-10-12-22(37-2)13-11-19/h5-14,17,20,28,33H,15-16H2,1-4H3,(H,34,36). The van der Waals surface area contributed by atoms with Crippen molar-refractivity contribution in [1.29, 1.82) is 0 Å². The second kappa shape index (κ2) is 11.0. The van der Waals surface area contributed by atoms with Crippen molar-refractivity contribution in [2.24, 2.45) is 0 Å². The van der Waals surface area contributed by atoms with Gasteiger partial charge in [-0.2, -0.15) is 0 Å². The third kappa shape index (κ3) is 4.97. The third-order valence-corrected chi connectivity index (χ3v) is 7.32. The molecule has 2 N–H and O–H groups in total. The summed E-state index contributed by atoms with van der Waals surface area (Å²) in [5.41, 5.74) is 4.83. The van der Waals surface area contributed by atoms with Gasteiger partial charge in [-0.05, 0) is 55.2 Å². The average molecular weight is 526 g/mol. The van der Waals surface area contributed by atoms with E-state index in [0.29, 0.717) is 52.4 Å². The first kappa shape index (κ1) is 26.0. The van der Waals surface area contributed by atoms with E-state index in [-0.39, 0.29) is 17.6 Å². The predicted octanol–water partition coefficient (Wildman–Crippen LogP) is 5.11. The highest BCUT2D eigenvalue weighted by Crippen LogP contribution is 2.49. The van der Waals surface area contributed by atoms with Crippen molar-refractivity contribution in [3.8, 4) is 17.2 Å². The molecule has 39 heavy (non-hydrogen) atoms. The number of nitrogens with one attached hydrogen (secondary N) is 2. The molecule has 5 rings (SSSR count). The van der Waals surface area contributed by atoms with Crippen LogP contribution in [0.2, 0.25) is 0 Å². The molecule has 0 fully saturated rings. The van der Waals surface area contributed by atoms with Crippen LogP contribution in [0.15, 0.2) is 89.5 Å². The van der Waals surface area contributed by atoms with E-state index in [0.717, 1.165) is 17.0 Å². The van der Waals surface area contributed by atoms with E-state index in [1.54, 1.807) is 51.9 Å². The van der Waals surface area contributed by atoms with Crippen molar-refractivity contribution in [2.75, 3.05) is 26.6 Å². The molecule has 2 atom stereocenters. The van der Waals surface area contributed by atoms with Gasteiger partial charge >= 0.3 is 0 Å². The van der Waals surface area contributed by atoms with Gasteiger partial charge in [-0.15, -0.1) is 0 Å². The van der Waals surface area contributed by atoms with E-state index in [9.17, 15) is 9.59 Å². The highest BCUT2D eigenvalue weighted by molar-refractivity contribution is 6.10. The van der Waals surface area contributed by atoms with Crippen molar-refractivity contribution < 1.29 is 23.8 Å². The van der Waals surface area contributed by atoms with Crippen LogP contribution in [0.25, 0.3) is 0 Å².